The highest BCUT2D eigenvalue weighted by Crippen LogP contribution is 2.24. The van der Waals surface area contributed by atoms with Gasteiger partial charge >= 0.3 is 0 Å². The van der Waals surface area contributed by atoms with Gasteiger partial charge in [-0.2, -0.15) is 0 Å². The molecule has 1 aromatic carbocycles. The molecule has 0 aliphatic rings. The van der Waals surface area contributed by atoms with E-state index in [0.717, 1.165) is 12.3 Å². The summed E-state index contributed by atoms with van der Waals surface area (Å²) < 4.78 is 22.7. The van der Waals surface area contributed by atoms with Crippen LogP contribution in [0.5, 0.6) is 0 Å². The zero-order chi connectivity index (χ0) is 13.9. The van der Waals surface area contributed by atoms with Gasteiger partial charge in [0, 0.05) is 18.4 Å². The lowest BCUT2D eigenvalue weighted by molar-refractivity contribution is -0.385. The Labute approximate surface area is 104 Å². The zero-order valence-corrected chi connectivity index (χ0v) is 10.4. The average molecular weight is 275 g/mol. The molecule has 0 aliphatic carbocycles. The number of hydrogen-bond donors (Lipinski definition) is 2. The molecular formula is C10H13NO6S. The fourth-order valence-corrected chi connectivity index (χ4v) is 2.40. The number of aliphatic hydroxyl groups is 2. The number of rotatable bonds is 5. The van der Waals surface area contributed by atoms with Crippen LogP contribution in [0.2, 0.25) is 0 Å². The second kappa shape index (κ2) is 5.42. The summed E-state index contributed by atoms with van der Waals surface area (Å²) in [5, 5.41) is 28.0. The molecule has 2 N–H and O–H groups in total. The number of aliphatic hydroxyl groups excluding tert-OH is 2. The molecule has 18 heavy (non-hydrogen) atoms. The van der Waals surface area contributed by atoms with Gasteiger partial charge in [0.2, 0.25) is 0 Å². The molecule has 0 amide bonds. The van der Waals surface area contributed by atoms with Gasteiger partial charge in [0.15, 0.2) is 9.84 Å². The predicted octanol–water partition coefficient (Wildman–Crippen LogP) is 0.0337. The fourth-order valence-electron chi connectivity index (χ4n) is 1.51. The minimum absolute atomic E-state index is 0.0775. The second-order valence-electron chi connectivity index (χ2n) is 3.85. The third-order valence-corrected chi connectivity index (χ3v) is 4.01. The topological polar surface area (TPSA) is 118 Å². The molecule has 2 atom stereocenters. The van der Waals surface area contributed by atoms with E-state index in [1.165, 1.54) is 18.2 Å². The van der Waals surface area contributed by atoms with Crippen molar-refractivity contribution in [1.29, 1.82) is 0 Å². The Morgan fingerprint density at radius 2 is 2.06 bits per heavy atom. The number of hydrogen-bond acceptors (Lipinski definition) is 6. The van der Waals surface area contributed by atoms with Gasteiger partial charge in [-0.3, -0.25) is 10.1 Å². The van der Waals surface area contributed by atoms with Crippen LogP contribution in [0.1, 0.15) is 11.7 Å². The van der Waals surface area contributed by atoms with Crippen LogP contribution in [0.25, 0.3) is 0 Å². The van der Waals surface area contributed by atoms with E-state index in [-0.39, 0.29) is 11.3 Å². The molecule has 0 radical (unpaired) electrons. The number of nitro groups is 1. The highest BCUT2D eigenvalue weighted by molar-refractivity contribution is 7.91. The maximum absolute atomic E-state index is 11.3. The van der Waals surface area contributed by atoms with Crippen LogP contribution in [-0.2, 0) is 9.84 Å². The minimum atomic E-state index is -3.67. The minimum Gasteiger partial charge on any atom is -0.395 e. The molecule has 100 valence electrons. The van der Waals surface area contributed by atoms with Gasteiger partial charge in [-0.25, -0.2) is 8.42 Å². The Morgan fingerprint density at radius 1 is 1.44 bits per heavy atom. The van der Waals surface area contributed by atoms with Crippen molar-refractivity contribution in [2.75, 3.05) is 12.9 Å². The maximum atomic E-state index is 11.3. The van der Waals surface area contributed by atoms with Gasteiger partial charge in [0.25, 0.3) is 5.69 Å². The van der Waals surface area contributed by atoms with E-state index in [1.54, 1.807) is 0 Å². The van der Waals surface area contributed by atoms with Crippen molar-refractivity contribution in [2.45, 2.75) is 11.4 Å². The van der Waals surface area contributed by atoms with Gasteiger partial charge in [-0.15, -0.1) is 0 Å². The van der Waals surface area contributed by atoms with Crippen molar-refractivity contribution in [3.8, 4) is 0 Å². The monoisotopic (exact) mass is 275 g/mol. The average Bonchev–Trinajstić information content (AvgIpc) is 2.28. The highest BCUT2D eigenvalue weighted by atomic mass is 32.2. The zero-order valence-electron chi connectivity index (χ0n) is 9.55. The summed E-state index contributed by atoms with van der Waals surface area (Å²) in [7, 11) is -3.67. The quantitative estimate of drug-likeness (QED) is 0.578. The molecule has 0 saturated heterocycles. The van der Waals surface area contributed by atoms with Crippen molar-refractivity contribution in [3.05, 3.63) is 39.9 Å². The molecule has 1 aromatic rings. The Morgan fingerprint density at radius 3 is 2.50 bits per heavy atom. The Kier molecular flexibility index (Phi) is 4.38. The first-order chi connectivity index (χ1) is 8.27. The van der Waals surface area contributed by atoms with Crippen molar-refractivity contribution >= 4 is 15.5 Å². The fraction of sp³-hybridized carbons (Fsp3) is 0.400. The SMILES string of the molecule is CS(=O)(=O)[C@@H](CO)[C@H](O)c1cccc([N+](=O)[O-])c1. The molecule has 0 aromatic heterocycles. The molecule has 0 spiro atoms. The van der Waals surface area contributed by atoms with Crippen LogP contribution in [0, 0.1) is 10.1 Å². The molecule has 1 rings (SSSR count). The van der Waals surface area contributed by atoms with Crippen LogP contribution in [0.3, 0.4) is 0 Å². The Balaban J connectivity index is 3.13. The second-order valence-corrected chi connectivity index (χ2v) is 6.11. The van der Waals surface area contributed by atoms with E-state index < -0.39 is 32.7 Å². The lowest BCUT2D eigenvalue weighted by atomic mass is 10.1. The van der Waals surface area contributed by atoms with E-state index in [2.05, 4.69) is 0 Å². The van der Waals surface area contributed by atoms with Crippen LogP contribution >= 0.6 is 0 Å². The first kappa shape index (κ1) is 14.6. The largest absolute Gasteiger partial charge is 0.395 e. The van der Waals surface area contributed by atoms with Gasteiger partial charge in [-0.1, -0.05) is 12.1 Å². The van der Waals surface area contributed by atoms with E-state index in [9.17, 15) is 23.6 Å². The van der Waals surface area contributed by atoms with Crippen LogP contribution < -0.4 is 0 Å². The highest BCUT2D eigenvalue weighted by Gasteiger charge is 2.30. The molecule has 0 aliphatic heterocycles. The summed E-state index contributed by atoms with van der Waals surface area (Å²) in [6, 6.07) is 5.02. The molecule has 7 nitrogen and oxygen atoms in total. The Hall–Kier alpha value is -1.51. The number of benzene rings is 1. The molecular weight excluding hydrogens is 262 g/mol. The summed E-state index contributed by atoms with van der Waals surface area (Å²) in [5.41, 5.74) is -0.176. The number of nitrogens with zero attached hydrogens (tertiary/aromatic N) is 1. The third-order valence-electron chi connectivity index (χ3n) is 2.50. The molecule has 0 heterocycles. The normalized spacial score (nSPS) is 15.1. The molecule has 0 unspecified atom stereocenters. The predicted molar refractivity (Wildman–Crippen MR) is 63.8 cm³/mol. The first-order valence-corrected chi connectivity index (χ1v) is 6.95. The van der Waals surface area contributed by atoms with Crippen LogP contribution in [0.4, 0.5) is 5.69 Å². The third kappa shape index (κ3) is 3.25. The van der Waals surface area contributed by atoms with Gasteiger partial charge in [0.1, 0.15) is 5.25 Å². The van der Waals surface area contributed by atoms with Crippen molar-refractivity contribution in [2.24, 2.45) is 0 Å². The van der Waals surface area contributed by atoms with Gasteiger partial charge < -0.3 is 10.2 Å². The summed E-state index contributed by atoms with van der Waals surface area (Å²) >= 11 is 0. The van der Waals surface area contributed by atoms with Gasteiger partial charge in [0.05, 0.1) is 17.6 Å². The van der Waals surface area contributed by atoms with Crippen LogP contribution in [-0.4, -0.2) is 41.7 Å². The molecule has 8 heteroatoms. The molecule has 0 saturated carbocycles. The van der Waals surface area contributed by atoms with E-state index in [1.807, 2.05) is 0 Å². The van der Waals surface area contributed by atoms with Crippen molar-refractivity contribution < 1.29 is 23.6 Å². The summed E-state index contributed by atoms with van der Waals surface area (Å²) in [6.45, 7) is -0.761. The molecule has 0 fully saturated rings. The molecule has 0 bridgehead atoms. The summed E-state index contributed by atoms with van der Waals surface area (Å²) in [4.78, 5) is 9.92. The number of non-ortho nitro benzene ring substituents is 1. The van der Waals surface area contributed by atoms with Crippen molar-refractivity contribution in [3.63, 3.8) is 0 Å². The lowest BCUT2D eigenvalue weighted by Crippen LogP contribution is -2.31. The van der Waals surface area contributed by atoms with Crippen molar-refractivity contribution in [1.82, 2.24) is 0 Å². The number of nitro benzene ring substituents is 1. The summed E-state index contributed by atoms with van der Waals surface area (Å²) in [5.74, 6) is 0. The van der Waals surface area contributed by atoms with Gasteiger partial charge in [-0.05, 0) is 5.56 Å². The maximum Gasteiger partial charge on any atom is 0.269 e. The lowest BCUT2D eigenvalue weighted by Gasteiger charge is -2.19. The van der Waals surface area contributed by atoms with E-state index in [4.69, 9.17) is 5.11 Å². The number of sulfone groups is 1. The standard InChI is InChI=1S/C10H13NO6S/c1-18(16,17)9(6-12)10(13)7-3-2-4-8(5-7)11(14)15/h2-5,9-10,12-13H,6H2,1H3/t9-,10+/m0/s1. The van der Waals surface area contributed by atoms with Crippen LogP contribution in [0.15, 0.2) is 24.3 Å². The first-order valence-electron chi connectivity index (χ1n) is 4.99. The smallest absolute Gasteiger partial charge is 0.269 e. The van der Waals surface area contributed by atoms with E-state index >= 15 is 0 Å². The van der Waals surface area contributed by atoms with E-state index in [0.29, 0.717) is 0 Å². The Bertz CT molecular complexity index is 541. The summed E-state index contributed by atoms with van der Waals surface area (Å²) in [6.07, 6.45) is -0.626.